The second-order valence-electron chi connectivity index (χ2n) is 7.46. The minimum atomic E-state index is -3.46. The van der Waals surface area contributed by atoms with Gasteiger partial charge >= 0.3 is 0 Å². The lowest BCUT2D eigenvalue weighted by molar-refractivity contribution is -0.116. The highest BCUT2D eigenvalue weighted by Gasteiger charge is 2.28. The Hall–Kier alpha value is -1.55. The predicted molar refractivity (Wildman–Crippen MR) is 122 cm³/mol. The number of amides is 1. The molecule has 1 aromatic carbocycles. The molecule has 1 aromatic heterocycles. The average molecular weight is 464 g/mol. The summed E-state index contributed by atoms with van der Waals surface area (Å²) in [5, 5.41) is 1.11. The van der Waals surface area contributed by atoms with Crippen LogP contribution in [0.5, 0.6) is 0 Å². The first-order chi connectivity index (χ1) is 14.4. The van der Waals surface area contributed by atoms with Gasteiger partial charge in [0.15, 0.2) is 0 Å². The lowest BCUT2D eigenvalue weighted by Gasteiger charge is -2.22. The Bertz CT molecular complexity index is 1010. The van der Waals surface area contributed by atoms with Crippen molar-refractivity contribution >= 4 is 45.1 Å². The number of fused-ring (bicyclic) bond motifs is 1. The summed E-state index contributed by atoms with van der Waals surface area (Å²) >= 11 is 3.15. The van der Waals surface area contributed by atoms with Crippen LogP contribution in [0.3, 0.4) is 0 Å². The molecule has 0 bridgehead atoms. The number of rotatable bonds is 5. The number of sulfonamides is 1. The molecule has 0 N–H and O–H groups in total. The number of pyridine rings is 1. The molecule has 6 nitrogen and oxygen atoms in total. The molecule has 1 amide bonds. The number of anilines is 1. The Morgan fingerprint density at radius 1 is 1.17 bits per heavy atom. The summed E-state index contributed by atoms with van der Waals surface area (Å²) in [6.07, 6.45) is 4.15. The van der Waals surface area contributed by atoms with Crippen LogP contribution >= 0.6 is 23.5 Å². The zero-order chi connectivity index (χ0) is 21.1. The van der Waals surface area contributed by atoms with Gasteiger partial charge in [0.05, 0.1) is 16.5 Å². The van der Waals surface area contributed by atoms with Crippen LogP contribution in [0.1, 0.15) is 26.2 Å². The number of carbonyl (C=O) groups is 1. The molecule has 1 fully saturated rings. The fourth-order valence-corrected chi connectivity index (χ4v) is 6.94. The summed E-state index contributed by atoms with van der Waals surface area (Å²) in [6.45, 7) is 4.03. The fourth-order valence-electron chi connectivity index (χ4n) is 3.64. The van der Waals surface area contributed by atoms with Crippen molar-refractivity contribution in [2.24, 2.45) is 0 Å². The van der Waals surface area contributed by atoms with Crippen LogP contribution < -0.4 is 4.90 Å². The molecule has 1 saturated heterocycles. The van der Waals surface area contributed by atoms with Gasteiger partial charge in [0, 0.05) is 36.0 Å². The highest BCUT2D eigenvalue weighted by molar-refractivity contribution is 8.00. The van der Waals surface area contributed by atoms with E-state index < -0.39 is 10.0 Å². The predicted octanol–water partition coefficient (Wildman–Crippen LogP) is 3.88. The van der Waals surface area contributed by atoms with Crippen molar-refractivity contribution in [2.75, 3.05) is 30.3 Å². The van der Waals surface area contributed by atoms with Crippen molar-refractivity contribution < 1.29 is 13.2 Å². The largest absolute Gasteiger partial charge is 0.311 e. The minimum absolute atomic E-state index is 0.0396. The molecular weight excluding hydrogens is 438 g/mol. The molecule has 0 radical (unpaired) electrons. The number of thioether (sulfide) groups is 2. The van der Waals surface area contributed by atoms with E-state index in [4.69, 9.17) is 0 Å². The van der Waals surface area contributed by atoms with Gasteiger partial charge in [0.25, 0.3) is 0 Å². The molecular formula is C21H25N3O3S3. The lowest BCUT2D eigenvalue weighted by Crippen LogP contribution is -2.33. The van der Waals surface area contributed by atoms with Crippen LogP contribution in [0.4, 0.5) is 5.69 Å². The number of aromatic nitrogens is 1. The number of hydrogen-bond acceptors (Lipinski definition) is 6. The van der Waals surface area contributed by atoms with Crippen molar-refractivity contribution in [1.29, 1.82) is 0 Å². The molecule has 9 heteroatoms. The molecule has 160 valence electrons. The van der Waals surface area contributed by atoms with Gasteiger partial charge in [0.2, 0.25) is 15.9 Å². The standard InChI is InChI=1S/C21H25N3O3S3/c1-16-10-13-24(18-6-2-3-7-19(18)29-16)21(25)15-28-20-9-8-17(14-22-20)30(26,27)23-11-4-5-12-23/h2-3,6-9,14,16H,4-5,10-13,15H2,1H3. The van der Waals surface area contributed by atoms with E-state index in [-0.39, 0.29) is 16.6 Å². The number of carbonyl (C=O) groups excluding carboxylic acids is 1. The van der Waals surface area contributed by atoms with Crippen molar-refractivity contribution in [3.05, 3.63) is 42.6 Å². The fraction of sp³-hybridized carbons (Fsp3) is 0.429. The van der Waals surface area contributed by atoms with Crippen LogP contribution in [0.25, 0.3) is 0 Å². The molecule has 0 saturated carbocycles. The zero-order valence-corrected chi connectivity index (χ0v) is 19.3. The van der Waals surface area contributed by atoms with E-state index in [1.54, 1.807) is 12.1 Å². The lowest BCUT2D eigenvalue weighted by atomic mass is 10.2. The molecule has 2 aliphatic heterocycles. The summed E-state index contributed by atoms with van der Waals surface area (Å²) < 4.78 is 26.7. The van der Waals surface area contributed by atoms with E-state index in [0.717, 1.165) is 29.8 Å². The van der Waals surface area contributed by atoms with Crippen molar-refractivity contribution in [2.45, 2.75) is 46.3 Å². The van der Waals surface area contributed by atoms with Gasteiger partial charge in [-0.05, 0) is 43.5 Å². The Labute approximate surface area is 186 Å². The molecule has 1 atom stereocenters. The molecule has 30 heavy (non-hydrogen) atoms. The normalized spacial score (nSPS) is 20.0. The first-order valence-electron chi connectivity index (χ1n) is 10.1. The molecule has 0 aliphatic carbocycles. The maximum absolute atomic E-state index is 13.0. The van der Waals surface area contributed by atoms with Crippen LogP contribution in [0, 0.1) is 0 Å². The van der Waals surface area contributed by atoms with Crippen LogP contribution in [0.15, 0.2) is 57.4 Å². The van der Waals surface area contributed by atoms with Crippen LogP contribution in [-0.2, 0) is 14.8 Å². The molecule has 2 aliphatic rings. The van der Waals surface area contributed by atoms with E-state index in [1.807, 2.05) is 34.9 Å². The van der Waals surface area contributed by atoms with Gasteiger partial charge in [-0.3, -0.25) is 4.79 Å². The average Bonchev–Trinajstić information content (AvgIpc) is 3.24. The van der Waals surface area contributed by atoms with Gasteiger partial charge in [0.1, 0.15) is 4.90 Å². The van der Waals surface area contributed by atoms with E-state index >= 15 is 0 Å². The van der Waals surface area contributed by atoms with E-state index in [2.05, 4.69) is 18.0 Å². The van der Waals surface area contributed by atoms with Gasteiger partial charge < -0.3 is 4.90 Å². The highest BCUT2D eigenvalue weighted by Crippen LogP contribution is 2.37. The van der Waals surface area contributed by atoms with E-state index in [1.165, 1.54) is 22.3 Å². The first kappa shape index (κ1) is 21.7. The first-order valence-corrected chi connectivity index (χ1v) is 13.4. The van der Waals surface area contributed by atoms with Crippen molar-refractivity contribution in [3.63, 3.8) is 0 Å². The summed E-state index contributed by atoms with van der Waals surface area (Å²) in [4.78, 5) is 20.5. The van der Waals surface area contributed by atoms with Gasteiger partial charge in [-0.2, -0.15) is 4.31 Å². The molecule has 1 unspecified atom stereocenters. The summed E-state index contributed by atoms with van der Waals surface area (Å²) in [6, 6.07) is 11.3. The topological polar surface area (TPSA) is 70.6 Å². The molecule has 2 aromatic rings. The Morgan fingerprint density at radius 3 is 2.67 bits per heavy atom. The Morgan fingerprint density at radius 2 is 1.93 bits per heavy atom. The van der Waals surface area contributed by atoms with E-state index in [9.17, 15) is 13.2 Å². The Balaban J connectivity index is 1.42. The summed E-state index contributed by atoms with van der Waals surface area (Å²) in [5.41, 5.74) is 0.970. The Kier molecular flexibility index (Phi) is 6.72. The third-order valence-electron chi connectivity index (χ3n) is 5.30. The van der Waals surface area contributed by atoms with Gasteiger partial charge in [-0.1, -0.05) is 30.8 Å². The summed E-state index contributed by atoms with van der Waals surface area (Å²) in [7, 11) is -3.46. The SMILES string of the molecule is CC1CCN(C(=O)CSc2ccc(S(=O)(=O)N3CCCC3)cn2)c2ccccc2S1. The minimum Gasteiger partial charge on any atom is -0.311 e. The van der Waals surface area contributed by atoms with Crippen molar-refractivity contribution in [3.8, 4) is 0 Å². The highest BCUT2D eigenvalue weighted by atomic mass is 32.2. The quantitative estimate of drug-likeness (QED) is 0.627. The second-order valence-corrected chi connectivity index (χ2v) is 11.9. The summed E-state index contributed by atoms with van der Waals surface area (Å²) in [5.74, 6) is 0.302. The van der Waals surface area contributed by atoms with Crippen LogP contribution in [0.2, 0.25) is 0 Å². The number of hydrogen-bond donors (Lipinski definition) is 0. The molecule has 3 heterocycles. The maximum atomic E-state index is 13.0. The van der Waals surface area contributed by atoms with Crippen molar-refractivity contribution in [1.82, 2.24) is 9.29 Å². The van der Waals surface area contributed by atoms with Crippen LogP contribution in [-0.4, -0.2) is 54.3 Å². The van der Waals surface area contributed by atoms with Gasteiger partial charge in [-0.25, -0.2) is 13.4 Å². The molecule has 4 rings (SSSR count). The number of para-hydroxylation sites is 1. The maximum Gasteiger partial charge on any atom is 0.244 e. The second kappa shape index (κ2) is 9.30. The third-order valence-corrected chi connectivity index (χ3v) is 9.35. The van der Waals surface area contributed by atoms with E-state index in [0.29, 0.717) is 29.9 Å². The zero-order valence-electron chi connectivity index (χ0n) is 16.9. The van der Waals surface area contributed by atoms with Gasteiger partial charge in [-0.15, -0.1) is 11.8 Å². The number of nitrogens with zero attached hydrogens (tertiary/aromatic N) is 3. The monoisotopic (exact) mass is 463 g/mol. The third kappa shape index (κ3) is 4.69. The number of benzene rings is 1. The molecule has 0 spiro atoms. The smallest absolute Gasteiger partial charge is 0.244 e.